The highest BCUT2D eigenvalue weighted by atomic mass is 35.5. The molecular weight excluding hydrogens is 387 g/mol. The standard InChI is InChI=1S/C24H22Cl2N2/c1-3-16(2)18-10-8-17(9-11-18)15-28-23-7-5-4-6-22(23)27-24(28)20-13-12-19(25)14-21(20)26/h4-14,16H,3,15H2,1-2H3. The van der Waals surface area contributed by atoms with Crippen LogP contribution in [0.15, 0.2) is 66.7 Å². The molecule has 1 unspecified atom stereocenters. The smallest absolute Gasteiger partial charge is 0.142 e. The van der Waals surface area contributed by atoms with E-state index in [1.165, 1.54) is 11.1 Å². The summed E-state index contributed by atoms with van der Waals surface area (Å²) < 4.78 is 2.22. The van der Waals surface area contributed by atoms with Gasteiger partial charge in [-0.1, -0.05) is 73.4 Å². The number of benzene rings is 3. The van der Waals surface area contributed by atoms with Crippen LogP contribution in [0.5, 0.6) is 0 Å². The van der Waals surface area contributed by atoms with Crippen LogP contribution in [0.1, 0.15) is 37.3 Å². The van der Waals surface area contributed by atoms with Gasteiger partial charge in [0.25, 0.3) is 0 Å². The Bertz CT molecular complexity index is 1110. The van der Waals surface area contributed by atoms with Gasteiger partial charge in [0, 0.05) is 17.1 Å². The van der Waals surface area contributed by atoms with Gasteiger partial charge in [0.05, 0.1) is 16.1 Å². The molecule has 0 saturated carbocycles. The predicted molar refractivity (Wildman–Crippen MR) is 119 cm³/mol. The molecule has 0 aliphatic heterocycles. The van der Waals surface area contributed by atoms with Gasteiger partial charge in [0.15, 0.2) is 0 Å². The average Bonchev–Trinajstić information content (AvgIpc) is 3.06. The summed E-state index contributed by atoms with van der Waals surface area (Å²) in [6, 6.07) is 22.6. The molecular formula is C24H22Cl2N2. The van der Waals surface area contributed by atoms with Crippen molar-refractivity contribution in [2.45, 2.75) is 32.7 Å². The normalized spacial score (nSPS) is 12.4. The number of nitrogens with zero attached hydrogens (tertiary/aromatic N) is 2. The second-order valence-corrected chi connectivity index (χ2v) is 8.03. The summed E-state index contributed by atoms with van der Waals surface area (Å²) in [5.74, 6) is 1.43. The molecule has 0 saturated heterocycles. The minimum Gasteiger partial charge on any atom is -0.319 e. The highest BCUT2D eigenvalue weighted by molar-refractivity contribution is 6.36. The van der Waals surface area contributed by atoms with E-state index < -0.39 is 0 Å². The largest absolute Gasteiger partial charge is 0.319 e. The molecule has 4 rings (SSSR count). The minimum atomic E-state index is 0.576. The number of rotatable bonds is 5. The number of hydrogen-bond donors (Lipinski definition) is 0. The average molecular weight is 409 g/mol. The van der Waals surface area contributed by atoms with Gasteiger partial charge in [-0.3, -0.25) is 0 Å². The number of para-hydroxylation sites is 2. The Balaban J connectivity index is 1.79. The molecule has 0 spiro atoms. The van der Waals surface area contributed by atoms with Crippen LogP contribution in [0, 0.1) is 0 Å². The first-order valence-electron chi connectivity index (χ1n) is 9.56. The van der Waals surface area contributed by atoms with Gasteiger partial charge >= 0.3 is 0 Å². The Morgan fingerprint density at radius 3 is 2.43 bits per heavy atom. The van der Waals surface area contributed by atoms with E-state index in [1.54, 1.807) is 6.07 Å². The van der Waals surface area contributed by atoms with Crippen LogP contribution in [-0.2, 0) is 6.54 Å². The van der Waals surface area contributed by atoms with E-state index in [0.29, 0.717) is 16.0 Å². The Kier molecular flexibility index (Phi) is 5.43. The maximum Gasteiger partial charge on any atom is 0.142 e. The first kappa shape index (κ1) is 19.0. The molecule has 28 heavy (non-hydrogen) atoms. The highest BCUT2D eigenvalue weighted by Crippen LogP contribution is 2.33. The number of fused-ring (bicyclic) bond motifs is 1. The number of hydrogen-bond acceptors (Lipinski definition) is 1. The third kappa shape index (κ3) is 3.67. The number of aromatic nitrogens is 2. The summed E-state index contributed by atoms with van der Waals surface area (Å²) in [5.41, 5.74) is 5.55. The molecule has 4 aromatic rings. The lowest BCUT2D eigenvalue weighted by molar-refractivity contribution is 0.732. The van der Waals surface area contributed by atoms with Crippen molar-refractivity contribution >= 4 is 34.2 Å². The maximum absolute atomic E-state index is 6.50. The molecule has 0 amide bonds. The zero-order valence-corrected chi connectivity index (χ0v) is 17.5. The highest BCUT2D eigenvalue weighted by Gasteiger charge is 2.15. The molecule has 2 nitrogen and oxygen atoms in total. The summed E-state index contributed by atoms with van der Waals surface area (Å²) in [4.78, 5) is 4.86. The lowest BCUT2D eigenvalue weighted by Crippen LogP contribution is -2.03. The van der Waals surface area contributed by atoms with Crippen molar-refractivity contribution in [1.29, 1.82) is 0 Å². The molecule has 0 N–H and O–H groups in total. The van der Waals surface area contributed by atoms with Crippen molar-refractivity contribution in [2.24, 2.45) is 0 Å². The monoisotopic (exact) mass is 408 g/mol. The fraction of sp³-hybridized carbons (Fsp3) is 0.208. The van der Waals surface area contributed by atoms with Gasteiger partial charge in [-0.25, -0.2) is 4.98 Å². The first-order valence-corrected chi connectivity index (χ1v) is 10.3. The molecule has 0 bridgehead atoms. The third-order valence-corrected chi connectivity index (χ3v) is 5.88. The Hall–Kier alpha value is -2.29. The summed E-state index contributed by atoms with van der Waals surface area (Å²) in [6.07, 6.45) is 1.14. The number of imidazole rings is 1. The summed E-state index contributed by atoms with van der Waals surface area (Å²) in [6.45, 7) is 5.22. The zero-order chi connectivity index (χ0) is 19.7. The van der Waals surface area contributed by atoms with Crippen molar-refractivity contribution in [3.8, 4) is 11.4 Å². The van der Waals surface area contributed by atoms with Crippen LogP contribution in [0.25, 0.3) is 22.4 Å². The van der Waals surface area contributed by atoms with Gasteiger partial charge < -0.3 is 4.57 Å². The molecule has 0 aliphatic rings. The van der Waals surface area contributed by atoms with E-state index in [1.807, 2.05) is 30.3 Å². The van der Waals surface area contributed by atoms with E-state index in [4.69, 9.17) is 28.2 Å². The SMILES string of the molecule is CCC(C)c1ccc(Cn2c(-c3ccc(Cl)cc3Cl)nc3ccccc32)cc1. The molecule has 1 heterocycles. The fourth-order valence-electron chi connectivity index (χ4n) is 3.48. The summed E-state index contributed by atoms with van der Waals surface area (Å²) in [7, 11) is 0. The van der Waals surface area contributed by atoms with Crippen LogP contribution in [-0.4, -0.2) is 9.55 Å². The molecule has 4 heteroatoms. The van der Waals surface area contributed by atoms with Crippen molar-refractivity contribution in [2.75, 3.05) is 0 Å². The summed E-state index contributed by atoms with van der Waals surface area (Å²) >= 11 is 12.6. The second-order valence-electron chi connectivity index (χ2n) is 7.19. The minimum absolute atomic E-state index is 0.576. The van der Waals surface area contributed by atoms with Crippen LogP contribution < -0.4 is 0 Å². The zero-order valence-electron chi connectivity index (χ0n) is 16.0. The van der Waals surface area contributed by atoms with Gasteiger partial charge in [0.1, 0.15) is 5.82 Å². The second kappa shape index (κ2) is 7.98. The van der Waals surface area contributed by atoms with E-state index in [2.05, 4.69) is 48.7 Å². The summed E-state index contributed by atoms with van der Waals surface area (Å²) in [5, 5.41) is 1.23. The van der Waals surface area contributed by atoms with E-state index in [-0.39, 0.29) is 0 Å². The quantitative estimate of drug-likeness (QED) is 0.332. The number of halogens is 2. The van der Waals surface area contributed by atoms with Crippen LogP contribution in [0.3, 0.4) is 0 Å². The molecule has 142 valence electrons. The van der Waals surface area contributed by atoms with Crippen molar-refractivity contribution < 1.29 is 0 Å². The third-order valence-electron chi connectivity index (χ3n) is 5.33. The molecule has 0 aliphatic carbocycles. The molecule has 1 aromatic heterocycles. The first-order chi connectivity index (χ1) is 13.6. The lowest BCUT2D eigenvalue weighted by Gasteiger charge is -2.13. The van der Waals surface area contributed by atoms with E-state index in [0.717, 1.165) is 35.4 Å². The topological polar surface area (TPSA) is 17.8 Å². The Morgan fingerprint density at radius 2 is 1.71 bits per heavy atom. The van der Waals surface area contributed by atoms with E-state index in [9.17, 15) is 0 Å². The Labute approximate surface area is 175 Å². The van der Waals surface area contributed by atoms with Crippen LogP contribution >= 0.6 is 23.2 Å². The van der Waals surface area contributed by atoms with Crippen LogP contribution in [0.2, 0.25) is 10.0 Å². The predicted octanol–water partition coefficient (Wildman–Crippen LogP) is 7.57. The fourth-order valence-corrected chi connectivity index (χ4v) is 3.97. The van der Waals surface area contributed by atoms with Gasteiger partial charge in [-0.05, 0) is 53.8 Å². The van der Waals surface area contributed by atoms with Crippen molar-refractivity contribution in [3.63, 3.8) is 0 Å². The van der Waals surface area contributed by atoms with Gasteiger partial charge in [0.2, 0.25) is 0 Å². The molecule has 0 radical (unpaired) electrons. The molecule has 1 atom stereocenters. The van der Waals surface area contributed by atoms with Crippen molar-refractivity contribution in [3.05, 3.63) is 87.9 Å². The van der Waals surface area contributed by atoms with Gasteiger partial charge in [-0.15, -0.1) is 0 Å². The van der Waals surface area contributed by atoms with Crippen molar-refractivity contribution in [1.82, 2.24) is 9.55 Å². The van der Waals surface area contributed by atoms with Gasteiger partial charge in [-0.2, -0.15) is 0 Å². The van der Waals surface area contributed by atoms with E-state index >= 15 is 0 Å². The molecule has 0 fully saturated rings. The molecule has 3 aromatic carbocycles. The van der Waals surface area contributed by atoms with Crippen LogP contribution in [0.4, 0.5) is 0 Å². The lowest BCUT2D eigenvalue weighted by atomic mass is 9.97. The maximum atomic E-state index is 6.50. The Morgan fingerprint density at radius 1 is 0.964 bits per heavy atom.